The van der Waals surface area contributed by atoms with E-state index < -0.39 is 0 Å². The van der Waals surface area contributed by atoms with Gasteiger partial charge in [-0.15, -0.1) is 0 Å². The third kappa shape index (κ3) is 3.37. The minimum absolute atomic E-state index is 0.435. The fraction of sp³-hybridized carbons (Fsp3) is 0.214. The van der Waals surface area contributed by atoms with Gasteiger partial charge in [0.2, 0.25) is 0 Å². The highest BCUT2D eigenvalue weighted by Gasteiger charge is 2.04. The molecule has 0 aliphatic heterocycles. The van der Waals surface area contributed by atoms with Crippen molar-refractivity contribution in [1.29, 1.82) is 0 Å². The van der Waals surface area contributed by atoms with Gasteiger partial charge in [-0.05, 0) is 5.56 Å². The molecule has 0 spiro atoms. The smallest absolute Gasteiger partial charge is 0.135 e. The van der Waals surface area contributed by atoms with Gasteiger partial charge >= 0.3 is 0 Å². The predicted octanol–water partition coefficient (Wildman–Crippen LogP) is 3.38. The molecule has 0 saturated heterocycles. The van der Waals surface area contributed by atoms with E-state index in [0.717, 1.165) is 17.1 Å². The van der Waals surface area contributed by atoms with Crippen molar-refractivity contribution < 1.29 is 4.74 Å². The topological polar surface area (TPSA) is 25.4 Å². The van der Waals surface area contributed by atoms with Gasteiger partial charge < -0.3 is 9.64 Å². The summed E-state index contributed by atoms with van der Waals surface area (Å²) >= 11 is 5.96. The first-order valence-electron chi connectivity index (χ1n) is 5.67. The molecule has 0 aliphatic rings. The van der Waals surface area contributed by atoms with Crippen LogP contribution in [0.2, 0.25) is 5.15 Å². The van der Waals surface area contributed by atoms with Crippen LogP contribution in [0.1, 0.15) is 5.56 Å². The minimum atomic E-state index is 0.435. The standard InChI is InChI=1S/C14H15ClN2O/c1-17(2)14-9-12(8-13(15)16-14)18-10-11-6-4-3-5-7-11/h3-9H,10H2,1-2H3. The molecule has 1 heterocycles. The van der Waals surface area contributed by atoms with E-state index in [1.165, 1.54) is 0 Å². The second kappa shape index (κ2) is 5.74. The fourth-order valence-electron chi connectivity index (χ4n) is 1.51. The number of nitrogens with zero attached hydrogens (tertiary/aromatic N) is 2. The van der Waals surface area contributed by atoms with Crippen LogP contribution in [0.5, 0.6) is 5.75 Å². The van der Waals surface area contributed by atoms with Crippen molar-refractivity contribution in [3.63, 3.8) is 0 Å². The minimum Gasteiger partial charge on any atom is -0.489 e. The Hall–Kier alpha value is -1.74. The zero-order valence-electron chi connectivity index (χ0n) is 10.4. The van der Waals surface area contributed by atoms with E-state index in [2.05, 4.69) is 4.98 Å². The summed E-state index contributed by atoms with van der Waals surface area (Å²) < 4.78 is 5.71. The van der Waals surface area contributed by atoms with Crippen molar-refractivity contribution >= 4 is 17.4 Å². The molecule has 0 saturated carbocycles. The lowest BCUT2D eigenvalue weighted by atomic mass is 10.2. The summed E-state index contributed by atoms with van der Waals surface area (Å²) in [4.78, 5) is 6.09. The van der Waals surface area contributed by atoms with Crippen LogP contribution < -0.4 is 9.64 Å². The number of rotatable bonds is 4. The number of halogens is 1. The zero-order valence-corrected chi connectivity index (χ0v) is 11.2. The first kappa shape index (κ1) is 12.7. The lowest BCUT2D eigenvalue weighted by Gasteiger charge is -2.13. The molecule has 0 unspecified atom stereocenters. The summed E-state index contributed by atoms with van der Waals surface area (Å²) in [6.07, 6.45) is 0. The molecule has 0 bridgehead atoms. The van der Waals surface area contributed by atoms with Crippen LogP contribution in [0.3, 0.4) is 0 Å². The molecular weight excluding hydrogens is 248 g/mol. The molecular formula is C14H15ClN2O. The summed E-state index contributed by atoms with van der Waals surface area (Å²) in [5, 5.41) is 0.435. The van der Waals surface area contributed by atoms with Gasteiger partial charge in [-0.3, -0.25) is 0 Å². The van der Waals surface area contributed by atoms with E-state index in [1.807, 2.05) is 55.4 Å². The number of hydrogen-bond donors (Lipinski definition) is 0. The van der Waals surface area contributed by atoms with Gasteiger partial charge in [0, 0.05) is 26.2 Å². The largest absolute Gasteiger partial charge is 0.489 e. The number of pyridine rings is 1. The van der Waals surface area contributed by atoms with Gasteiger partial charge in [-0.1, -0.05) is 41.9 Å². The first-order valence-corrected chi connectivity index (χ1v) is 6.04. The Kier molecular flexibility index (Phi) is 4.05. The van der Waals surface area contributed by atoms with Crippen molar-refractivity contribution in [2.24, 2.45) is 0 Å². The van der Waals surface area contributed by atoms with Crippen LogP contribution in [-0.2, 0) is 6.61 Å². The van der Waals surface area contributed by atoms with E-state index >= 15 is 0 Å². The molecule has 0 aliphatic carbocycles. The molecule has 4 heteroatoms. The lowest BCUT2D eigenvalue weighted by molar-refractivity contribution is 0.306. The monoisotopic (exact) mass is 262 g/mol. The van der Waals surface area contributed by atoms with Crippen LogP contribution in [0, 0.1) is 0 Å². The third-order valence-corrected chi connectivity index (χ3v) is 2.65. The molecule has 0 amide bonds. The Labute approximate surface area is 112 Å². The second-order valence-electron chi connectivity index (χ2n) is 4.15. The molecule has 1 aromatic carbocycles. The summed E-state index contributed by atoms with van der Waals surface area (Å²) in [5.74, 6) is 1.51. The zero-order chi connectivity index (χ0) is 13.0. The highest BCUT2D eigenvalue weighted by Crippen LogP contribution is 2.23. The maximum absolute atomic E-state index is 5.96. The SMILES string of the molecule is CN(C)c1cc(OCc2ccccc2)cc(Cl)n1. The number of aromatic nitrogens is 1. The van der Waals surface area contributed by atoms with Gasteiger partial charge in [0.25, 0.3) is 0 Å². The van der Waals surface area contributed by atoms with Gasteiger partial charge in [0.1, 0.15) is 23.3 Å². The number of anilines is 1. The molecule has 0 atom stereocenters. The molecule has 2 aromatic rings. The van der Waals surface area contributed by atoms with E-state index in [9.17, 15) is 0 Å². The summed E-state index contributed by atoms with van der Waals surface area (Å²) in [6, 6.07) is 13.6. The number of ether oxygens (including phenoxy) is 1. The predicted molar refractivity (Wildman–Crippen MR) is 74.3 cm³/mol. The summed E-state index contributed by atoms with van der Waals surface area (Å²) in [7, 11) is 3.83. The Morgan fingerprint density at radius 3 is 2.56 bits per heavy atom. The van der Waals surface area contributed by atoms with Crippen molar-refractivity contribution in [3.05, 3.63) is 53.2 Å². The van der Waals surface area contributed by atoms with Crippen molar-refractivity contribution in [2.75, 3.05) is 19.0 Å². The lowest BCUT2D eigenvalue weighted by Crippen LogP contribution is -2.10. The summed E-state index contributed by atoms with van der Waals surface area (Å²) in [6.45, 7) is 0.522. The maximum Gasteiger partial charge on any atom is 0.135 e. The van der Waals surface area contributed by atoms with E-state index in [-0.39, 0.29) is 0 Å². The molecule has 94 valence electrons. The van der Waals surface area contributed by atoms with Gasteiger partial charge in [0.15, 0.2) is 0 Å². The maximum atomic E-state index is 5.96. The Morgan fingerprint density at radius 1 is 1.17 bits per heavy atom. The van der Waals surface area contributed by atoms with Crippen LogP contribution in [-0.4, -0.2) is 19.1 Å². The van der Waals surface area contributed by atoms with Crippen LogP contribution in [0.4, 0.5) is 5.82 Å². The molecule has 0 N–H and O–H groups in total. The third-order valence-electron chi connectivity index (χ3n) is 2.46. The van der Waals surface area contributed by atoms with Crippen LogP contribution in [0.15, 0.2) is 42.5 Å². The van der Waals surface area contributed by atoms with Crippen molar-refractivity contribution in [1.82, 2.24) is 4.98 Å². The fourth-order valence-corrected chi connectivity index (χ4v) is 1.71. The molecule has 1 aromatic heterocycles. The van der Waals surface area contributed by atoms with Crippen LogP contribution in [0.25, 0.3) is 0 Å². The van der Waals surface area contributed by atoms with E-state index in [4.69, 9.17) is 16.3 Å². The molecule has 3 nitrogen and oxygen atoms in total. The van der Waals surface area contributed by atoms with Crippen LogP contribution >= 0.6 is 11.6 Å². The highest BCUT2D eigenvalue weighted by atomic mass is 35.5. The van der Waals surface area contributed by atoms with Crippen molar-refractivity contribution in [3.8, 4) is 5.75 Å². The Morgan fingerprint density at radius 2 is 1.89 bits per heavy atom. The quantitative estimate of drug-likeness (QED) is 0.790. The highest BCUT2D eigenvalue weighted by molar-refractivity contribution is 6.29. The second-order valence-corrected chi connectivity index (χ2v) is 4.54. The Bertz CT molecular complexity index is 514. The first-order chi connectivity index (χ1) is 8.65. The number of benzene rings is 1. The normalized spacial score (nSPS) is 10.2. The molecule has 0 fully saturated rings. The van der Waals surface area contributed by atoms with E-state index in [1.54, 1.807) is 6.07 Å². The molecule has 18 heavy (non-hydrogen) atoms. The average Bonchev–Trinajstić information content (AvgIpc) is 2.37. The van der Waals surface area contributed by atoms with Crippen molar-refractivity contribution in [2.45, 2.75) is 6.61 Å². The average molecular weight is 263 g/mol. The van der Waals surface area contributed by atoms with Gasteiger partial charge in [-0.2, -0.15) is 0 Å². The van der Waals surface area contributed by atoms with Gasteiger partial charge in [-0.25, -0.2) is 4.98 Å². The van der Waals surface area contributed by atoms with Gasteiger partial charge in [0.05, 0.1) is 0 Å². The molecule has 0 radical (unpaired) electrons. The van der Waals surface area contributed by atoms with E-state index in [0.29, 0.717) is 11.8 Å². The summed E-state index contributed by atoms with van der Waals surface area (Å²) in [5.41, 5.74) is 1.12. The Balaban J connectivity index is 2.10. The molecule has 2 rings (SSSR count). The number of hydrogen-bond acceptors (Lipinski definition) is 3.